The normalized spacial score (nSPS) is 23.8. The van der Waals surface area contributed by atoms with E-state index in [0.29, 0.717) is 42.1 Å². The quantitative estimate of drug-likeness (QED) is 0.498. The van der Waals surface area contributed by atoms with Crippen molar-refractivity contribution in [3.8, 4) is 23.3 Å². The first-order chi connectivity index (χ1) is 17.5. The lowest BCUT2D eigenvalue weighted by atomic mass is 9.93. The predicted octanol–water partition coefficient (Wildman–Crippen LogP) is 5.06. The average molecular weight is 478 g/mol. The summed E-state index contributed by atoms with van der Waals surface area (Å²) in [6.07, 6.45) is 4.78. The number of amides is 1. The fourth-order valence-corrected chi connectivity index (χ4v) is 5.65. The molecule has 2 aliphatic heterocycles. The third-order valence-electron chi connectivity index (χ3n) is 7.92. The standard InChI is InChI=1S/C29H23N3O4/c30-15-29(9-10-29)17-3-1-2-16(12-17)22(33)14-21-26-20-13-18(4-6-23(20)36-27(21)26)35-24-8-11-31-28-19(24)5-7-25(34)32-28/h1-4,6,8,11-13,21,26-27H,5,7,9-10,14H2,(H,31,32,34)/t21-,26-,27+/m0/s1. The van der Waals surface area contributed by atoms with Crippen LogP contribution in [0.2, 0.25) is 0 Å². The Balaban J connectivity index is 1.07. The summed E-state index contributed by atoms with van der Waals surface area (Å²) >= 11 is 0. The molecule has 3 heterocycles. The van der Waals surface area contributed by atoms with Gasteiger partial charge in [0.15, 0.2) is 5.78 Å². The lowest BCUT2D eigenvalue weighted by Gasteiger charge is -2.19. The molecule has 1 N–H and O–H groups in total. The Morgan fingerprint density at radius 2 is 2.08 bits per heavy atom. The maximum absolute atomic E-state index is 13.1. The van der Waals surface area contributed by atoms with Crippen molar-refractivity contribution in [2.45, 2.75) is 49.5 Å². The second-order valence-corrected chi connectivity index (χ2v) is 10.2. The highest BCUT2D eigenvalue weighted by atomic mass is 16.5. The summed E-state index contributed by atoms with van der Waals surface area (Å²) in [6.45, 7) is 0. The molecule has 36 heavy (non-hydrogen) atoms. The molecule has 0 spiro atoms. The van der Waals surface area contributed by atoms with Crippen LogP contribution < -0.4 is 14.8 Å². The molecule has 2 aliphatic carbocycles. The van der Waals surface area contributed by atoms with Crippen molar-refractivity contribution in [1.82, 2.24) is 4.98 Å². The number of nitrogens with zero attached hydrogens (tertiary/aromatic N) is 2. The van der Waals surface area contributed by atoms with Crippen molar-refractivity contribution < 1.29 is 19.1 Å². The van der Waals surface area contributed by atoms with Gasteiger partial charge in [-0.1, -0.05) is 18.2 Å². The lowest BCUT2D eigenvalue weighted by molar-refractivity contribution is -0.116. The number of nitriles is 1. The van der Waals surface area contributed by atoms with Gasteiger partial charge in [-0.2, -0.15) is 5.26 Å². The number of carbonyl (C=O) groups is 2. The van der Waals surface area contributed by atoms with Gasteiger partial charge in [-0.15, -0.1) is 0 Å². The number of pyridine rings is 1. The van der Waals surface area contributed by atoms with Gasteiger partial charge >= 0.3 is 0 Å². The van der Waals surface area contributed by atoms with Crippen LogP contribution in [0.25, 0.3) is 0 Å². The first-order valence-corrected chi connectivity index (χ1v) is 12.4. The predicted molar refractivity (Wildman–Crippen MR) is 130 cm³/mol. The van der Waals surface area contributed by atoms with Crippen molar-refractivity contribution in [2.75, 3.05) is 5.32 Å². The lowest BCUT2D eigenvalue weighted by Crippen LogP contribution is -2.20. The molecule has 178 valence electrons. The van der Waals surface area contributed by atoms with Crippen LogP contribution >= 0.6 is 0 Å². The summed E-state index contributed by atoms with van der Waals surface area (Å²) in [5.74, 6) is 3.15. The molecule has 1 aromatic heterocycles. The summed E-state index contributed by atoms with van der Waals surface area (Å²) in [4.78, 5) is 29.0. The zero-order valence-electron chi connectivity index (χ0n) is 19.5. The summed E-state index contributed by atoms with van der Waals surface area (Å²) in [6, 6.07) is 17.6. The number of hydrogen-bond donors (Lipinski definition) is 1. The van der Waals surface area contributed by atoms with Crippen LogP contribution in [0.15, 0.2) is 54.7 Å². The molecule has 2 fully saturated rings. The first-order valence-electron chi connectivity index (χ1n) is 12.4. The van der Waals surface area contributed by atoms with E-state index in [9.17, 15) is 14.9 Å². The van der Waals surface area contributed by atoms with Crippen LogP contribution in [0.4, 0.5) is 5.82 Å². The van der Waals surface area contributed by atoms with Gasteiger partial charge in [0.2, 0.25) is 5.91 Å². The van der Waals surface area contributed by atoms with Crippen molar-refractivity contribution in [3.63, 3.8) is 0 Å². The Bertz CT molecular complexity index is 1490. The molecule has 4 aliphatic rings. The number of rotatable bonds is 6. The minimum atomic E-state index is -0.398. The highest BCUT2D eigenvalue weighted by molar-refractivity contribution is 5.97. The molecule has 7 heteroatoms. The number of anilines is 1. The minimum Gasteiger partial charge on any atom is -0.489 e. The van der Waals surface area contributed by atoms with E-state index in [1.807, 2.05) is 48.5 Å². The molecule has 0 saturated heterocycles. The molecular formula is C29H23N3O4. The number of benzene rings is 2. The molecule has 0 unspecified atom stereocenters. The smallest absolute Gasteiger partial charge is 0.225 e. The molecular weight excluding hydrogens is 454 g/mol. The molecule has 2 aromatic carbocycles. The van der Waals surface area contributed by atoms with Crippen molar-refractivity contribution in [1.29, 1.82) is 5.26 Å². The van der Waals surface area contributed by atoms with Crippen LogP contribution in [0.1, 0.15) is 58.6 Å². The van der Waals surface area contributed by atoms with Crippen molar-refractivity contribution in [2.24, 2.45) is 5.92 Å². The Kier molecular flexibility index (Phi) is 4.50. The van der Waals surface area contributed by atoms with E-state index in [2.05, 4.69) is 16.4 Å². The van der Waals surface area contributed by atoms with Gasteiger partial charge in [0, 0.05) is 47.6 Å². The van der Waals surface area contributed by atoms with E-state index in [-0.39, 0.29) is 29.6 Å². The van der Waals surface area contributed by atoms with E-state index >= 15 is 0 Å². The zero-order chi connectivity index (χ0) is 24.4. The number of Topliss-reactive ketones (excluding diaryl/α,β-unsaturated/α-hetero) is 1. The largest absolute Gasteiger partial charge is 0.489 e. The Hall–Kier alpha value is -4.18. The minimum absolute atomic E-state index is 0.0140. The number of aromatic nitrogens is 1. The number of nitrogens with one attached hydrogen (secondary N) is 1. The van der Waals surface area contributed by atoms with Gasteiger partial charge in [-0.25, -0.2) is 4.98 Å². The molecule has 7 nitrogen and oxygen atoms in total. The van der Waals surface area contributed by atoms with E-state index < -0.39 is 5.41 Å². The van der Waals surface area contributed by atoms with Gasteiger partial charge in [0.1, 0.15) is 29.2 Å². The Morgan fingerprint density at radius 3 is 2.92 bits per heavy atom. The van der Waals surface area contributed by atoms with Crippen molar-refractivity contribution in [3.05, 3.63) is 77.0 Å². The number of ether oxygens (including phenoxy) is 2. The maximum Gasteiger partial charge on any atom is 0.225 e. The molecule has 0 radical (unpaired) electrons. The second-order valence-electron chi connectivity index (χ2n) is 10.2. The number of fused-ring (bicyclic) bond motifs is 4. The molecule has 2 saturated carbocycles. The molecule has 0 bridgehead atoms. The highest BCUT2D eigenvalue weighted by Gasteiger charge is 2.59. The molecule has 1 amide bonds. The zero-order valence-corrected chi connectivity index (χ0v) is 19.5. The summed E-state index contributed by atoms with van der Waals surface area (Å²) in [5, 5.41) is 12.3. The Labute approximate surface area is 208 Å². The fraction of sp³-hybridized carbons (Fsp3) is 0.310. The summed E-state index contributed by atoms with van der Waals surface area (Å²) < 4.78 is 12.3. The van der Waals surface area contributed by atoms with Crippen LogP contribution in [0.3, 0.4) is 0 Å². The number of carbonyl (C=O) groups excluding carboxylic acids is 2. The van der Waals surface area contributed by atoms with Crippen LogP contribution in [-0.4, -0.2) is 22.8 Å². The molecule has 3 atom stereocenters. The van der Waals surface area contributed by atoms with E-state index in [4.69, 9.17) is 9.47 Å². The fourth-order valence-electron chi connectivity index (χ4n) is 5.65. The number of hydrogen-bond acceptors (Lipinski definition) is 6. The number of ketones is 1. The molecule has 3 aromatic rings. The monoisotopic (exact) mass is 477 g/mol. The Morgan fingerprint density at radius 1 is 1.19 bits per heavy atom. The van der Waals surface area contributed by atoms with E-state index in [0.717, 1.165) is 35.3 Å². The van der Waals surface area contributed by atoms with Gasteiger partial charge in [-0.05, 0) is 55.2 Å². The topological polar surface area (TPSA) is 101 Å². The van der Waals surface area contributed by atoms with Gasteiger partial charge in [-0.3, -0.25) is 9.59 Å². The highest BCUT2D eigenvalue weighted by Crippen LogP contribution is 2.60. The van der Waals surface area contributed by atoms with Crippen LogP contribution in [0.5, 0.6) is 17.2 Å². The average Bonchev–Trinajstić information content (AvgIpc) is 3.79. The molecule has 7 rings (SSSR count). The van der Waals surface area contributed by atoms with Gasteiger partial charge < -0.3 is 14.8 Å². The van der Waals surface area contributed by atoms with Gasteiger partial charge in [0.05, 0.1) is 11.5 Å². The maximum atomic E-state index is 13.1. The van der Waals surface area contributed by atoms with Crippen molar-refractivity contribution >= 4 is 17.5 Å². The summed E-state index contributed by atoms with van der Waals surface area (Å²) in [7, 11) is 0. The van der Waals surface area contributed by atoms with Gasteiger partial charge in [0.25, 0.3) is 0 Å². The summed E-state index contributed by atoms with van der Waals surface area (Å²) in [5.41, 5.74) is 3.19. The third-order valence-corrected chi connectivity index (χ3v) is 7.92. The van der Waals surface area contributed by atoms with E-state index in [1.165, 1.54) is 0 Å². The van der Waals surface area contributed by atoms with E-state index in [1.54, 1.807) is 6.20 Å². The third kappa shape index (κ3) is 3.36. The SMILES string of the molecule is N#CC1(c2cccc(C(=O)C[C@@H]3[C@H]4Oc5ccc(Oc6ccnc7c6CCC(=O)N7)cc5[C@@H]34)c2)CC1. The first kappa shape index (κ1) is 21.1. The van der Waals surface area contributed by atoms with Crippen LogP contribution in [-0.2, 0) is 16.6 Å². The second kappa shape index (κ2) is 7.66. The van der Waals surface area contributed by atoms with Crippen LogP contribution in [0, 0.1) is 17.2 Å².